The fourth-order valence-corrected chi connectivity index (χ4v) is 3.09. The molecule has 0 bridgehead atoms. The van der Waals surface area contributed by atoms with Crippen molar-refractivity contribution >= 4 is 0 Å². The van der Waals surface area contributed by atoms with Crippen LogP contribution < -0.4 is 0 Å². The molecule has 4 heteroatoms. The van der Waals surface area contributed by atoms with Crippen LogP contribution >= 0.6 is 0 Å². The fraction of sp³-hybridized carbons (Fsp3) is 1.00. The van der Waals surface area contributed by atoms with Gasteiger partial charge in [0, 0.05) is 0 Å². The highest BCUT2D eigenvalue weighted by atomic mass is 19.4. The maximum atomic E-state index is 12.7. The van der Waals surface area contributed by atoms with E-state index in [0.717, 1.165) is 19.3 Å². The molecule has 0 aromatic heterocycles. The zero-order valence-corrected chi connectivity index (χ0v) is 11.3. The van der Waals surface area contributed by atoms with Crippen LogP contribution in [0.2, 0.25) is 0 Å². The zero-order valence-electron chi connectivity index (χ0n) is 11.3. The van der Waals surface area contributed by atoms with E-state index in [4.69, 9.17) is 0 Å². The van der Waals surface area contributed by atoms with Gasteiger partial charge >= 0.3 is 6.18 Å². The summed E-state index contributed by atoms with van der Waals surface area (Å²) in [7, 11) is 0. The quantitative estimate of drug-likeness (QED) is 0.774. The molecule has 1 aliphatic rings. The van der Waals surface area contributed by atoms with E-state index in [1.54, 1.807) is 0 Å². The molecule has 0 amide bonds. The van der Waals surface area contributed by atoms with Crippen molar-refractivity contribution in [1.29, 1.82) is 0 Å². The van der Waals surface area contributed by atoms with Crippen molar-refractivity contribution in [3.63, 3.8) is 0 Å². The molecule has 0 radical (unpaired) electrons. The lowest BCUT2D eigenvalue weighted by molar-refractivity contribution is -0.189. The normalized spacial score (nSPS) is 29.0. The molecule has 1 N–H and O–H groups in total. The largest absolute Gasteiger partial charge is 0.393 e. The Balaban J connectivity index is 2.45. The molecule has 0 aliphatic heterocycles. The number of alkyl halides is 3. The number of hydrogen-bond acceptors (Lipinski definition) is 1. The Kier molecular flexibility index (Phi) is 5.96. The minimum Gasteiger partial charge on any atom is -0.393 e. The number of aliphatic hydroxyl groups excluding tert-OH is 1. The summed E-state index contributed by atoms with van der Waals surface area (Å²) in [6.45, 7) is 4.15. The van der Waals surface area contributed by atoms with Crippen molar-refractivity contribution in [2.45, 2.75) is 71.1 Å². The van der Waals surface area contributed by atoms with Gasteiger partial charge in [0.15, 0.2) is 0 Å². The first-order valence-corrected chi connectivity index (χ1v) is 7.09. The third-order valence-electron chi connectivity index (χ3n) is 4.15. The Labute approximate surface area is 108 Å². The summed E-state index contributed by atoms with van der Waals surface area (Å²) in [6.07, 6.45) is -0.231. The monoisotopic (exact) mass is 266 g/mol. The highest BCUT2D eigenvalue weighted by Gasteiger charge is 2.43. The van der Waals surface area contributed by atoms with Gasteiger partial charge in [-0.25, -0.2) is 0 Å². The lowest BCUT2D eigenvalue weighted by Crippen LogP contribution is -2.34. The van der Waals surface area contributed by atoms with Gasteiger partial charge in [-0.15, -0.1) is 0 Å². The van der Waals surface area contributed by atoms with E-state index in [1.807, 2.05) is 0 Å². The van der Waals surface area contributed by atoms with Gasteiger partial charge in [-0.3, -0.25) is 0 Å². The van der Waals surface area contributed by atoms with Gasteiger partial charge in [0.05, 0.1) is 12.0 Å². The van der Waals surface area contributed by atoms with Gasteiger partial charge in [0.2, 0.25) is 0 Å². The molecule has 1 aliphatic carbocycles. The van der Waals surface area contributed by atoms with Gasteiger partial charge in [-0.1, -0.05) is 33.1 Å². The molecule has 1 fully saturated rings. The van der Waals surface area contributed by atoms with Gasteiger partial charge in [0.1, 0.15) is 0 Å². The molecule has 0 spiro atoms. The summed E-state index contributed by atoms with van der Waals surface area (Å²) < 4.78 is 38.0. The summed E-state index contributed by atoms with van der Waals surface area (Å²) in [4.78, 5) is 0. The number of aliphatic hydroxyl groups is 1. The van der Waals surface area contributed by atoms with Gasteiger partial charge in [0.25, 0.3) is 0 Å². The molecule has 1 saturated carbocycles. The second kappa shape index (κ2) is 6.78. The maximum absolute atomic E-state index is 12.7. The molecule has 18 heavy (non-hydrogen) atoms. The number of rotatable bonds is 5. The minimum atomic E-state index is -4.09. The summed E-state index contributed by atoms with van der Waals surface area (Å²) in [5, 5.41) is 10.1. The maximum Gasteiger partial charge on any atom is 0.391 e. The SMILES string of the molecule is CCCC(C)CC(O)C1CCCC(C(F)(F)F)C1. The van der Waals surface area contributed by atoms with E-state index in [0.29, 0.717) is 18.8 Å². The Hall–Kier alpha value is -0.250. The molecule has 1 rings (SSSR count). The number of halogens is 3. The van der Waals surface area contributed by atoms with Crippen LogP contribution in [0.4, 0.5) is 13.2 Å². The first-order valence-electron chi connectivity index (χ1n) is 7.09. The first-order chi connectivity index (χ1) is 8.34. The Bertz CT molecular complexity index is 240. The zero-order chi connectivity index (χ0) is 13.8. The summed E-state index contributed by atoms with van der Waals surface area (Å²) >= 11 is 0. The van der Waals surface area contributed by atoms with Gasteiger partial charge < -0.3 is 5.11 Å². The fourth-order valence-electron chi connectivity index (χ4n) is 3.09. The molecule has 108 valence electrons. The Morgan fingerprint density at radius 3 is 2.50 bits per heavy atom. The lowest BCUT2D eigenvalue weighted by atomic mass is 9.76. The van der Waals surface area contributed by atoms with E-state index in [-0.39, 0.29) is 18.8 Å². The lowest BCUT2D eigenvalue weighted by Gasteiger charge is -2.34. The Morgan fingerprint density at radius 1 is 1.28 bits per heavy atom. The van der Waals surface area contributed by atoms with E-state index >= 15 is 0 Å². The molecule has 0 aromatic carbocycles. The smallest absolute Gasteiger partial charge is 0.391 e. The predicted molar refractivity (Wildman–Crippen MR) is 66.2 cm³/mol. The molecule has 4 atom stereocenters. The van der Waals surface area contributed by atoms with Crippen molar-refractivity contribution in [2.75, 3.05) is 0 Å². The van der Waals surface area contributed by atoms with Crippen molar-refractivity contribution in [1.82, 2.24) is 0 Å². The van der Waals surface area contributed by atoms with Crippen LogP contribution in [0.15, 0.2) is 0 Å². The highest BCUT2D eigenvalue weighted by molar-refractivity contribution is 4.82. The summed E-state index contributed by atoms with van der Waals surface area (Å²) in [6, 6.07) is 0. The topological polar surface area (TPSA) is 20.2 Å². The minimum absolute atomic E-state index is 0.115. The number of hydrogen-bond donors (Lipinski definition) is 1. The molecule has 0 aromatic rings. The highest BCUT2D eigenvalue weighted by Crippen LogP contribution is 2.41. The third kappa shape index (κ3) is 4.79. The van der Waals surface area contributed by atoms with Crippen LogP contribution in [0.25, 0.3) is 0 Å². The van der Waals surface area contributed by atoms with E-state index in [9.17, 15) is 18.3 Å². The Morgan fingerprint density at radius 2 is 1.94 bits per heavy atom. The van der Waals surface area contributed by atoms with Crippen molar-refractivity contribution < 1.29 is 18.3 Å². The average Bonchev–Trinajstić information content (AvgIpc) is 2.28. The van der Waals surface area contributed by atoms with Crippen molar-refractivity contribution in [3.05, 3.63) is 0 Å². The van der Waals surface area contributed by atoms with Crippen LogP contribution in [0.1, 0.15) is 58.8 Å². The average molecular weight is 266 g/mol. The molecule has 1 nitrogen and oxygen atoms in total. The standard InChI is InChI=1S/C14H25F3O/c1-3-5-10(2)8-13(18)11-6-4-7-12(9-11)14(15,16)17/h10-13,18H,3-9H2,1-2H3. The van der Waals surface area contributed by atoms with Gasteiger partial charge in [-0.2, -0.15) is 13.2 Å². The van der Waals surface area contributed by atoms with Crippen LogP contribution in [0, 0.1) is 17.8 Å². The van der Waals surface area contributed by atoms with Crippen molar-refractivity contribution in [2.24, 2.45) is 17.8 Å². The van der Waals surface area contributed by atoms with Crippen LogP contribution in [-0.2, 0) is 0 Å². The molecular formula is C14H25F3O. The second-order valence-corrected chi connectivity index (χ2v) is 5.86. The van der Waals surface area contributed by atoms with Crippen molar-refractivity contribution in [3.8, 4) is 0 Å². The molecule has 4 unspecified atom stereocenters. The van der Waals surface area contributed by atoms with Gasteiger partial charge in [-0.05, 0) is 37.5 Å². The molecule has 0 heterocycles. The van der Waals surface area contributed by atoms with E-state index in [2.05, 4.69) is 13.8 Å². The first kappa shape index (κ1) is 15.8. The van der Waals surface area contributed by atoms with E-state index < -0.39 is 18.2 Å². The third-order valence-corrected chi connectivity index (χ3v) is 4.15. The van der Waals surface area contributed by atoms with Crippen LogP contribution in [-0.4, -0.2) is 17.4 Å². The summed E-state index contributed by atoms with van der Waals surface area (Å²) in [5.41, 5.74) is 0. The molecule has 0 saturated heterocycles. The second-order valence-electron chi connectivity index (χ2n) is 5.86. The van der Waals surface area contributed by atoms with Crippen LogP contribution in [0.5, 0.6) is 0 Å². The predicted octanol–water partition coefficient (Wildman–Crippen LogP) is 4.54. The summed E-state index contributed by atoms with van der Waals surface area (Å²) in [5.74, 6) is -0.965. The van der Waals surface area contributed by atoms with Crippen LogP contribution in [0.3, 0.4) is 0 Å². The molecular weight excluding hydrogens is 241 g/mol. The van der Waals surface area contributed by atoms with E-state index in [1.165, 1.54) is 0 Å².